The van der Waals surface area contributed by atoms with Crippen LogP contribution in [-0.2, 0) is 16.6 Å². The standard InChI is InChI=1S/C11H13F2NO3S/c1-3-4-14(2)18(16,17)10-6-8(7-15)5-9(12)11(10)13/h3,5-6,15H,1,4,7H2,2H3. The van der Waals surface area contributed by atoms with Crippen LogP contribution >= 0.6 is 0 Å². The molecule has 0 saturated heterocycles. The van der Waals surface area contributed by atoms with Crippen molar-refractivity contribution < 1.29 is 22.3 Å². The molecule has 0 radical (unpaired) electrons. The molecule has 100 valence electrons. The number of rotatable bonds is 5. The van der Waals surface area contributed by atoms with Crippen LogP contribution in [0.15, 0.2) is 29.7 Å². The van der Waals surface area contributed by atoms with Crippen LogP contribution in [0.25, 0.3) is 0 Å². The van der Waals surface area contributed by atoms with E-state index < -0.39 is 33.2 Å². The van der Waals surface area contributed by atoms with Crippen molar-refractivity contribution in [3.8, 4) is 0 Å². The summed E-state index contributed by atoms with van der Waals surface area (Å²) in [5, 5.41) is 8.87. The normalized spacial score (nSPS) is 11.8. The highest BCUT2D eigenvalue weighted by Gasteiger charge is 2.26. The lowest BCUT2D eigenvalue weighted by molar-refractivity contribution is 0.280. The van der Waals surface area contributed by atoms with Crippen molar-refractivity contribution in [3.05, 3.63) is 42.0 Å². The molecule has 0 saturated carbocycles. The molecule has 0 heterocycles. The number of halogens is 2. The number of hydrogen-bond donors (Lipinski definition) is 1. The highest BCUT2D eigenvalue weighted by molar-refractivity contribution is 7.89. The monoisotopic (exact) mass is 277 g/mol. The van der Waals surface area contributed by atoms with Gasteiger partial charge in [0.15, 0.2) is 11.6 Å². The minimum atomic E-state index is -4.15. The fourth-order valence-electron chi connectivity index (χ4n) is 1.34. The Morgan fingerprint density at radius 3 is 2.56 bits per heavy atom. The van der Waals surface area contributed by atoms with Crippen LogP contribution < -0.4 is 0 Å². The van der Waals surface area contributed by atoms with Crippen LogP contribution in [0.1, 0.15) is 5.56 Å². The molecule has 0 bridgehead atoms. The van der Waals surface area contributed by atoms with E-state index in [1.807, 2.05) is 0 Å². The van der Waals surface area contributed by atoms with Gasteiger partial charge >= 0.3 is 0 Å². The number of nitrogens with zero attached hydrogens (tertiary/aromatic N) is 1. The maximum Gasteiger partial charge on any atom is 0.246 e. The van der Waals surface area contributed by atoms with Crippen LogP contribution in [-0.4, -0.2) is 31.4 Å². The number of hydrogen-bond acceptors (Lipinski definition) is 3. The second-order valence-corrected chi connectivity index (χ2v) is 5.64. The third-order valence-corrected chi connectivity index (χ3v) is 4.13. The third-order valence-electron chi connectivity index (χ3n) is 2.31. The zero-order chi connectivity index (χ0) is 13.9. The molecule has 4 nitrogen and oxygen atoms in total. The van der Waals surface area contributed by atoms with Crippen molar-refractivity contribution in [1.29, 1.82) is 0 Å². The van der Waals surface area contributed by atoms with Crippen LogP contribution in [0.5, 0.6) is 0 Å². The van der Waals surface area contributed by atoms with Crippen molar-refractivity contribution >= 4 is 10.0 Å². The van der Waals surface area contributed by atoms with Crippen LogP contribution in [0, 0.1) is 11.6 Å². The molecule has 1 rings (SSSR count). The number of aliphatic hydroxyl groups is 1. The van der Waals surface area contributed by atoms with E-state index in [1.165, 1.54) is 13.1 Å². The van der Waals surface area contributed by atoms with E-state index >= 15 is 0 Å². The van der Waals surface area contributed by atoms with Gasteiger partial charge in [-0.25, -0.2) is 17.2 Å². The molecule has 18 heavy (non-hydrogen) atoms. The summed E-state index contributed by atoms with van der Waals surface area (Å²) in [5.74, 6) is -2.77. The summed E-state index contributed by atoms with van der Waals surface area (Å²) >= 11 is 0. The molecule has 0 aliphatic carbocycles. The predicted molar refractivity (Wildman–Crippen MR) is 62.3 cm³/mol. The Morgan fingerprint density at radius 2 is 2.06 bits per heavy atom. The molecule has 0 aromatic heterocycles. The first-order chi connectivity index (χ1) is 8.34. The van der Waals surface area contributed by atoms with E-state index in [9.17, 15) is 17.2 Å². The molecular formula is C11H13F2NO3S. The lowest BCUT2D eigenvalue weighted by Gasteiger charge is -2.16. The fourth-order valence-corrected chi connectivity index (χ4v) is 2.61. The first kappa shape index (κ1) is 14.7. The van der Waals surface area contributed by atoms with Crippen molar-refractivity contribution in [2.24, 2.45) is 0 Å². The van der Waals surface area contributed by atoms with E-state index in [0.29, 0.717) is 0 Å². The summed E-state index contributed by atoms with van der Waals surface area (Å²) < 4.78 is 51.5. The van der Waals surface area contributed by atoms with Gasteiger partial charge in [-0.15, -0.1) is 6.58 Å². The molecule has 1 N–H and O–H groups in total. The molecule has 1 aromatic carbocycles. The van der Waals surface area contributed by atoms with Crippen molar-refractivity contribution in [2.45, 2.75) is 11.5 Å². The van der Waals surface area contributed by atoms with Gasteiger partial charge in [-0.05, 0) is 17.7 Å². The van der Waals surface area contributed by atoms with E-state index in [2.05, 4.69) is 6.58 Å². The van der Waals surface area contributed by atoms with Gasteiger partial charge in [0.2, 0.25) is 10.0 Å². The highest BCUT2D eigenvalue weighted by atomic mass is 32.2. The topological polar surface area (TPSA) is 57.6 Å². The second-order valence-electron chi connectivity index (χ2n) is 3.62. The van der Waals surface area contributed by atoms with Gasteiger partial charge in [0.1, 0.15) is 4.90 Å². The summed E-state index contributed by atoms with van der Waals surface area (Å²) in [6.07, 6.45) is 1.32. The van der Waals surface area contributed by atoms with E-state index in [1.54, 1.807) is 0 Å². The Kier molecular flexibility index (Phi) is 4.55. The van der Waals surface area contributed by atoms with Gasteiger partial charge in [-0.1, -0.05) is 6.08 Å². The molecule has 0 spiro atoms. The van der Waals surface area contributed by atoms with Gasteiger partial charge in [-0.3, -0.25) is 0 Å². The van der Waals surface area contributed by atoms with Gasteiger partial charge in [0.25, 0.3) is 0 Å². The summed E-state index contributed by atoms with van der Waals surface area (Å²) in [6, 6.07) is 1.66. The minimum absolute atomic E-state index is 0.0144. The summed E-state index contributed by atoms with van der Waals surface area (Å²) in [5.41, 5.74) is -0.0144. The van der Waals surface area contributed by atoms with Gasteiger partial charge in [0.05, 0.1) is 6.61 Å². The van der Waals surface area contributed by atoms with Crippen molar-refractivity contribution in [2.75, 3.05) is 13.6 Å². The van der Waals surface area contributed by atoms with E-state index in [4.69, 9.17) is 5.11 Å². The Hall–Kier alpha value is -1.31. The molecule has 7 heteroatoms. The SMILES string of the molecule is C=CCN(C)S(=O)(=O)c1cc(CO)cc(F)c1F. The summed E-state index contributed by atoms with van der Waals surface area (Å²) in [4.78, 5) is -0.795. The molecule has 0 atom stereocenters. The quantitative estimate of drug-likeness (QED) is 0.824. The highest BCUT2D eigenvalue weighted by Crippen LogP contribution is 2.22. The molecule has 0 aliphatic rings. The molecule has 1 aromatic rings. The van der Waals surface area contributed by atoms with Crippen LogP contribution in [0.3, 0.4) is 0 Å². The molecule has 0 amide bonds. The number of aliphatic hydroxyl groups excluding tert-OH is 1. The predicted octanol–water partition coefficient (Wildman–Crippen LogP) is 1.26. The third kappa shape index (κ3) is 2.74. The van der Waals surface area contributed by atoms with Crippen molar-refractivity contribution in [1.82, 2.24) is 4.31 Å². The number of likely N-dealkylation sites (N-methyl/N-ethyl adjacent to an activating group) is 1. The lowest BCUT2D eigenvalue weighted by Crippen LogP contribution is -2.28. The van der Waals surface area contributed by atoms with E-state index in [-0.39, 0.29) is 12.1 Å². The van der Waals surface area contributed by atoms with Crippen molar-refractivity contribution in [3.63, 3.8) is 0 Å². The molecule has 0 aliphatic heterocycles. The minimum Gasteiger partial charge on any atom is -0.392 e. The molecular weight excluding hydrogens is 264 g/mol. The van der Waals surface area contributed by atoms with Gasteiger partial charge in [-0.2, -0.15) is 4.31 Å². The zero-order valence-corrected chi connectivity index (χ0v) is 10.5. The van der Waals surface area contributed by atoms with Gasteiger partial charge in [0, 0.05) is 13.6 Å². The summed E-state index contributed by atoms with van der Waals surface area (Å²) in [6.45, 7) is 2.75. The number of benzene rings is 1. The average Bonchev–Trinajstić information content (AvgIpc) is 2.32. The second kappa shape index (κ2) is 5.55. The number of sulfonamides is 1. The Labute approximate surface area is 104 Å². The largest absolute Gasteiger partial charge is 0.392 e. The Balaban J connectivity index is 3.40. The van der Waals surface area contributed by atoms with Gasteiger partial charge < -0.3 is 5.11 Å². The average molecular weight is 277 g/mol. The van der Waals surface area contributed by atoms with Crippen LogP contribution in [0.2, 0.25) is 0 Å². The lowest BCUT2D eigenvalue weighted by atomic mass is 10.2. The van der Waals surface area contributed by atoms with Crippen LogP contribution in [0.4, 0.5) is 8.78 Å². The first-order valence-corrected chi connectivity index (χ1v) is 6.44. The Bertz CT molecular complexity index is 558. The molecule has 0 unspecified atom stereocenters. The summed E-state index contributed by atoms with van der Waals surface area (Å²) in [7, 11) is -2.93. The maximum atomic E-state index is 13.5. The fraction of sp³-hybridized carbons (Fsp3) is 0.273. The first-order valence-electron chi connectivity index (χ1n) is 5.00. The Morgan fingerprint density at radius 1 is 1.44 bits per heavy atom. The smallest absolute Gasteiger partial charge is 0.246 e. The zero-order valence-electron chi connectivity index (χ0n) is 9.73. The molecule has 0 fully saturated rings. The van der Waals surface area contributed by atoms with E-state index in [0.717, 1.165) is 16.4 Å². The maximum absolute atomic E-state index is 13.5.